The van der Waals surface area contributed by atoms with Crippen molar-refractivity contribution in [1.29, 1.82) is 0 Å². The molecule has 7 heterocycles. The summed E-state index contributed by atoms with van der Waals surface area (Å²) in [6, 6.07) is 6.80. The molecule has 4 aliphatic rings. The number of nitrogens with zero attached hydrogens (tertiary/aromatic N) is 9. The van der Waals surface area contributed by atoms with Gasteiger partial charge in [-0.3, -0.25) is 38.4 Å². The first-order chi connectivity index (χ1) is 29.6. The van der Waals surface area contributed by atoms with Gasteiger partial charge in [0.25, 0.3) is 12.3 Å². The molecule has 1 saturated carbocycles. The number of morpholine rings is 1. The van der Waals surface area contributed by atoms with Gasteiger partial charge in [0.2, 0.25) is 11.8 Å². The molecule has 2 atom stereocenters. The topological polar surface area (TPSA) is 175 Å². The smallest absolute Gasteiger partial charge is 0.329 e. The summed E-state index contributed by atoms with van der Waals surface area (Å²) < 4.78 is 46.6. The van der Waals surface area contributed by atoms with Gasteiger partial charge in [-0.2, -0.15) is 10.2 Å². The van der Waals surface area contributed by atoms with E-state index in [1.165, 1.54) is 21.5 Å². The molecule has 0 radical (unpaired) electrons. The number of carbonyl (C=O) groups is 3. The summed E-state index contributed by atoms with van der Waals surface area (Å²) in [5.74, 6) is -0.232. The molecule has 0 bridgehead atoms. The van der Waals surface area contributed by atoms with Crippen LogP contribution in [0.5, 0.6) is 0 Å². The zero-order chi connectivity index (χ0) is 42.2. The van der Waals surface area contributed by atoms with Crippen LogP contribution in [0.3, 0.4) is 0 Å². The summed E-state index contributed by atoms with van der Waals surface area (Å²) in [6.45, 7) is 5.83. The minimum atomic E-state index is -2.88. The van der Waals surface area contributed by atoms with Crippen molar-refractivity contribution in [2.75, 3.05) is 62.8 Å². The number of halogens is 2. The second-order valence-electron chi connectivity index (χ2n) is 16.7. The lowest BCUT2D eigenvalue weighted by Crippen LogP contribution is -2.45. The zero-order valence-corrected chi connectivity index (χ0v) is 34.2. The number of para-hydroxylation sites is 1. The van der Waals surface area contributed by atoms with Gasteiger partial charge in [0, 0.05) is 65.2 Å². The number of hydrogen-bond donors (Lipinski definition) is 2. The Morgan fingerprint density at radius 3 is 2.70 bits per heavy atom. The second-order valence-corrected chi connectivity index (χ2v) is 16.7. The van der Waals surface area contributed by atoms with E-state index in [4.69, 9.17) is 14.5 Å². The number of benzene rings is 1. The number of ether oxygens (including phenoxy) is 2. The molecule has 5 aromatic rings. The van der Waals surface area contributed by atoms with Gasteiger partial charge in [-0.15, -0.1) is 0 Å². The van der Waals surface area contributed by atoms with E-state index in [-0.39, 0.29) is 47.8 Å². The molecule has 0 spiro atoms. The Balaban J connectivity index is 0.797. The van der Waals surface area contributed by atoms with Crippen molar-refractivity contribution in [2.24, 2.45) is 13.0 Å². The van der Waals surface area contributed by atoms with E-state index in [0.29, 0.717) is 55.7 Å². The Morgan fingerprint density at radius 2 is 1.89 bits per heavy atom. The monoisotopic (exact) mass is 843 g/mol. The van der Waals surface area contributed by atoms with Crippen molar-refractivity contribution in [3.05, 3.63) is 70.2 Å². The lowest BCUT2D eigenvalue weighted by Gasteiger charge is -2.37. The molecule has 17 nitrogen and oxygen atoms in total. The number of aryl methyl sites for hydroxylation is 2. The van der Waals surface area contributed by atoms with Gasteiger partial charge in [-0.1, -0.05) is 12.1 Å². The second kappa shape index (κ2) is 17.4. The highest BCUT2D eigenvalue weighted by Crippen LogP contribution is 2.36. The normalized spacial score (nSPS) is 23.2. The van der Waals surface area contributed by atoms with Crippen molar-refractivity contribution >= 4 is 45.9 Å². The van der Waals surface area contributed by atoms with Crippen LogP contribution in [0.4, 0.5) is 20.3 Å². The SMILES string of the molecule is Cn1c(=O)n(C2CCC(=O)NC2=O)c2cccc(CC[C@@H]3CN(C[C@H]4CC[C@H](n5cc(NC(=O)c6cnn7ccc(N8CCCOCC8)nc67)c(C(F)F)n5)CC4)CCO3)c21. The van der Waals surface area contributed by atoms with E-state index >= 15 is 0 Å². The minimum absolute atomic E-state index is 0.00741. The molecule has 1 aliphatic carbocycles. The molecule has 4 aromatic heterocycles. The molecule has 3 saturated heterocycles. The Morgan fingerprint density at radius 1 is 1.03 bits per heavy atom. The molecular weight excluding hydrogens is 793 g/mol. The molecule has 19 heteroatoms. The lowest BCUT2D eigenvalue weighted by atomic mass is 9.85. The maximum atomic E-state index is 14.3. The Bertz CT molecular complexity index is 2480. The quantitative estimate of drug-likeness (QED) is 0.184. The van der Waals surface area contributed by atoms with Crippen molar-refractivity contribution in [3.63, 3.8) is 0 Å². The third kappa shape index (κ3) is 8.42. The molecule has 3 amide bonds. The first kappa shape index (κ1) is 40.9. The number of piperidine rings is 1. The van der Waals surface area contributed by atoms with Crippen LogP contribution in [0, 0.1) is 5.92 Å². The lowest BCUT2D eigenvalue weighted by molar-refractivity contribution is -0.135. The number of anilines is 2. The Labute approximate surface area is 349 Å². The van der Waals surface area contributed by atoms with Gasteiger partial charge in [0.05, 0.1) is 48.3 Å². The van der Waals surface area contributed by atoms with Crippen molar-refractivity contribution in [2.45, 2.75) is 82.4 Å². The fourth-order valence-corrected chi connectivity index (χ4v) is 9.56. The third-order valence-electron chi connectivity index (χ3n) is 12.7. The standard InChI is InChI=1S/C42H51F2N11O6/c1-50-37-27(4-2-5-32(37)55(42(50)59)33-12-13-35(56)48-41(33)58)8-11-29-24-51(17-21-61-29)23-26-6-9-28(10-7-26)54-25-31(36(49-54)38(43)44)46-40(57)30-22-45-53-16-14-34(47-39(30)53)52-15-3-19-60-20-18-52/h2,4-5,14,16,22,25-26,28-29,33,38H,3,6-13,15,17-21,23-24H2,1H3,(H,46,57)(H,48,56,58)/t26-,28-,29-,33?/m1/s1. The predicted octanol–water partition coefficient (Wildman–Crippen LogP) is 4.04. The summed E-state index contributed by atoms with van der Waals surface area (Å²) in [6.07, 6.45) is 7.95. The third-order valence-corrected chi connectivity index (χ3v) is 12.7. The van der Waals surface area contributed by atoms with Crippen LogP contribution in [0.2, 0.25) is 0 Å². The van der Waals surface area contributed by atoms with E-state index in [9.17, 15) is 28.0 Å². The molecule has 1 unspecified atom stereocenters. The summed E-state index contributed by atoms with van der Waals surface area (Å²) in [4.78, 5) is 60.6. The fourth-order valence-electron chi connectivity index (χ4n) is 9.56. The first-order valence-electron chi connectivity index (χ1n) is 21.3. The molecule has 4 fully saturated rings. The number of hydrogen-bond acceptors (Lipinski definition) is 11. The number of nitrogens with one attached hydrogen (secondary N) is 2. The number of carbonyl (C=O) groups excluding carboxylic acids is 3. The number of aromatic nitrogens is 7. The average molecular weight is 844 g/mol. The summed E-state index contributed by atoms with van der Waals surface area (Å²) in [5.41, 5.74) is 2.20. The largest absolute Gasteiger partial charge is 0.380 e. The van der Waals surface area contributed by atoms with E-state index in [0.717, 1.165) is 75.8 Å². The highest BCUT2D eigenvalue weighted by atomic mass is 19.3. The van der Waals surface area contributed by atoms with Crippen LogP contribution in [0.15, 0.2) is 47.7 Å². The number of fused-ring (bicyclic) bond motifs is 2. The summed E-state index contributed by atoms with van der Waals surface area (Å²) >= 11 is 0. The highest BCUT2D eigenvalue weighted by molar-refractivity contribution is 6.08. The van der Waals surface area contributed by atoms with Gasteiger partial charge < -0.3 is 19.7 Å². The van der Waals surface area contributed by atoms with Gasteiger partial charge in [0.1, 0.15) is 17.4 Å². The maximum Gasteiger partial charge on any atom is 0.329 e. The number of imidazole rings is 1. The van der Waals surface area contributed by atoms with Gasteiger partial charge >= 0.3 is 5.69 Å². The molecule has 3 aliphatic heterocycles. The number of rotatable bonds is 11. The average Bonchev–Trinajstić information content (AvgIpc) is 3.87. The van der Waals surface area contributed by atoms with Crippen LogP contribution in [0.25, 0.3) is 16.7 Å². The molecule has 9 rings (SSSR count). The Hall–Kier alpha value is -5.53. The van der Waals surface area contributed by atoms with Crippen molar-refractivity contribution in [1.82, 2.24) is 43.7 Å². The minimum Gasteiger partial charge on any atom is -0.380 e. The van der Waals surface area contributed by atoms with Crippen LogP contribution < -0.4 is 21.2 Å². The van der Waals surface area contributed by atoms with E-state index in [2.05, 4.69) is 30.6 Å². The number of imide groups is 1. The summed E-state index contributed by atoms with van der Waals surface area (Å²) in [5, 5.41) is 13.6. The zero-order valence-electron chi connectivity index (χ0n) is 34.2. The number of amides is 3. The molecule has 2 N–H and O–H groups in total. The Kier molecular flexibility index (Phi) is 11.7. The van der Waals surface area contributed by atoms with Gasteiger partial charge in [0.15, 0.2) is 11.3 Å². The predicted molar refractivity (Wildman–Crippen MR) is 220 cm³/mol. The molecule has 324 valence electrons. The van der Waals surface area contributed by atoms with E-state index in [1.807, 2.05) is 24.3 Å². The van der Waals surface area contributed by atoms with Crippen molar-refractivity contribution in [3.8, 4) is 0 Å². The van der Waals surface area contributed by atoms with Crippen LogP contribution >= 0.6 is 0 Å². The van der Waals surface area contributed by atoms with E-state index < -0.39 is 30.0 Å². The molecule has 1 aromatic carbocycles. The summed E-state index contributed by atoms with van der Waals surface area (Å²) in [7, 11) is 1.72. The van der Waals surface area contributed by atoms with Crippen LogP contribution in [-0.4, -0.2) is 115 Å². The first-order valence-corrected chi connectivity index (χ1v) is 21.3. The fraction of sp³-hybridized carbons (Fsp3) is 0.548. The number of alkyl halides is 2. The van der Waals surface area contributed by atoms with Gasteiger partial charge in [-0.25, -0.2) is 23.1 Å². The highest BCUT2D eigenvalue weighted by Gasteiger charge is 2.33. The van der Waals surface area contributed by atoms with Crippen LogP contribution in [0.1, 0.15) is 91.5 Å². The van der Waals surface area contributed by atoms with Crippen LogP contribution in [-0.2, 0) is 32.5 Å². The van der Waals surface area contributed by atoms with Gasteiger partial charge in [-0.05, 0) is 75.0 Å². The van der Waals surface area contributed by atoms with Crippen molar-refractivity contribution < 1.29 is 32.6 Å². The maximum absolute atomic E-state index is 14.3. The molecular formula is C42H51F2N11O6. The van der Waals surface area contributed by atoms with E-state index in [1.54, 1.807) is 22.5 Å². The molecule has 61 heavy (non-hydrogen) atoms.